The highest BCUT2D eigenvalue weighted by molar-refractivity contribution is 6.07. The van der Waals surface area contributed by atoms with E-state index < -0.39 is 0 Å². The number of hydrogen-bond donors (Lipinski definition) is 0. The first-order valence-corrected chi connectivity index (χ1v) is 8.52. The molecule has 0 unspecified atom stereocenters. The molecule has 0 saturated heterocycles. The molecule has 3 heterocycles. The van der Waals surface area contributed by atoms with Crippen LogP contribution in [-0.4, -0.2) is 16.0 Å². The van der Waals surface area contributed by atoms with Crippen LogP contribution in [0, 0.1) is 0 Å². The average Bonchev–Trinajstić information content (AvgIpc) is 3.13. The zero-order valence-electron chi connectivity index (χ0n) is 14.4. The minimum absolute atomic E-state index is 0.0699. The molecule has 0 bridgehead atoms. The standard InChI is InChI=1S/C22H19NO2/c1-14(24)11-12-17-19-9-6-10-20-18(15(2)25)13-21(23(19)20)22(17)16-7-4-3-5-8-16/h3-10,13H,11-12H2,1-2H3. The number of pyridine rings is 1. The number of nitrogens with zero attached hydrogens (tertiary/aromatic N) is 1. The number of benzene rings is 1. The molecule has 0 radical (unpaired) electrons. The van der Waals surface area contributed by atoms with Crippen LogP contribution in [0.2, 0.25) is 0 Å². The molecule has 0 atom stereocenters. The SMILES string of the molecule is CC(=O)CCc1c(-c2ccccc2)c2cc(C(C)=O)c3cccc1n32. The molecule has 0 amide bonds. The summed E-state index contributed by atoms with van der Waals surface area (Å²) in [5, 5.41) is 0. The Balaban J connectivity index is 2.08. The lowest BCUT2D eigenvalue weighted by atomic mass is 9.97. The van der Waals surface area contributed by atoms with Crippen molar-refractivity contribution in [1.82, 2.24) is 4.40 Å². The number of carbonyl (C=O) groups is 2. The van der Waals surface area contributed by atoms with Gasteiger partial charge >= 0.3 is 0 Å². The van der Waals surface area contributed by atoms with Crippen molar-refractivity contribution >= 4 is 28.1 Å². The molecule has 124 valence electrons. The first kappa shape index (κ1) is 15.6. The molecule has 0 aliphatic carbocycles. The van der Waals surface area contributed by atoms with Gasteiger partial charge in [-0.2, -0.15) is 0 Å². The number of carbonyl (C=O) groups excluding carboxylic acids is 2. The van der Waals surface area contributed by atoms with Crippen molar-refractivity contribution in [3.8, 4) is 11.1 Å². The Morgan fingerprint density at radius 2 is 1.60 bits per heavy atom. The summed E-state index contributed by atoms with van der Waals surface area (Å²) in [6, 6.07) is 18.2. The summed E-state index contributed by atoms with van der Waals surface area (Å²) in [6.45, 7) is 3.24. The summed E-state index contributed by atoms with van der Waals surface area (Å²) in [5.74, 6) is 0.258. The van der Waals surface area contributed by atoms with E-state index >= 15 is 0 Å². The molecule has 4 rings (SSSR count). The number of rotatable bonds is 5. The summed E-state index contributed by atoms with van der Waals surface area (Å²) in [7, 11) is 0. The Morgan fingerprint density at radius 3 is 2.28 bits per heavy atom. The lowest BCUT2D eigenvalue weighted by molar-refractivity contribution is -0.116. The van der Waals surface area contributed by atoms with Crippen molar-refractivity contribution in [2.75, 3.05) is 0 Å². The second kappa shape index (κ2) is 5.85. The quantitative estimate of drug-likeness (QED) is 0.487. The molecule has 3 heteroatoms. The third-order valence-electron chi connectivity index (χ3n) is 4.82. The van der Waals surface area contributed by atoms with Gasteiger partial charge in [0, 0.05) is 17.5 Å². The molecule has 0 N–H and O–H groups in total. The van der Waals surface area contributed by atoms with Crippen LogP contribution < -0.4 is 0 Å². The van der Waals surface area contributed by atoms with E-state index in [0.29, 0.717) is 12.8 Å². The summed E-state index contributed by atoms with van der Waals surface area (Å²) in [6.07, 6.45) is 1.22. The molecule has 3 aromatic heterocycles. The van der Waals surface area contributed by atoms with Crippen LogP contribution in [0.5, 0.6) is 0 Å². The van der Waals surface area contributed by atoms with Crippen molar-refractivity contribution < 1.29 is 9.59 Å². The van der Waals surface area contributed by atoms with Gasteiger partial charge in [-0.15, -0.1) is 0 Å². The Morgan fingerprint density at radius 1 is 0.880 bits per heavy atom. The predicted molar refractivity (Wildman–Crippen MR) is 101 cm³/mol. The van der Waals surface area contributed by atoms with E-state index in [9.17, 15) is 9.59 Å². The topological polar surface area (TPSA) is 38.5 Å². The fourth-order valence-electron chi connectivity index (χ4n) is 3.72. The molecule has 0 saturated carbocycles. The highest BCUT2D eigenvalue weighted by Crippen LogP contribution is 2.38. The average molecular weight is 329 g/mol. The minimum Gasteiger partial charge on any atom is -0.309 e. The maximum Gasteiger partial charge on any atom is 0.161 e. The maximum atomic E-state index is 12.1. The Labute approximate surface area is 146 Å². The molecule has 4 aromatic rings. The van der Waals surface area contributed by atoms with E-state index in [0.717, 1.165) is 33.2 Å². The van der Waals surface area contributed by atoms with E-state index in [1.165, 1.54) is 5.56 Å². The number of ketones is 2. The number of hydrogen-bond acceptors (Lipinski definition) is 2. The normalized spacial score (nSPS) is 11.4. The van der Waals surface area contributed by atoms with Gasteiger partial charge in [0.15, 0.2) is 5.78 Å². The van der Waals surface area contributed by atoms with Crippen LogP contribution in [0.4, 0.5) is 0 Å². The van der Waals surface area contributed by atoms with Crippen LogP contribution in [0.1, 0.15) is 36.2 Å². The van der Waals surface area contributed by atoms with Crippen LogP contribution in [-0.2, 0) is 11.2 Å². The molecule has 0 fully saturated rings. The Kier molecular flexibility index (Phi) is 3.65. The van der Waals surface area contributed by atoms with E-state index in [1.807, 2.05) is 36.4 Å². The van der Waals surface area contributed by atoms with Crippen LogP contribution in [0.3, 0.4) is 0 Å². The number of aryl methyl sites for hydroxylation is 1. The summed E-state index contributed by atoms with van der Waals surface area (Å²) >= 11 is 0. The van der Waals surface area contributed by atoms with Gasteiger partial charge in [-0.25, -0.2) is 0 Å². The van der Waals surface area contributed by atoms with Gasteiger partial charge in [-0.3, -0.25) is 4.79 Å². The Hall–Kier alpha value is -2.94. The second-order valence-corrected chi connectivity index (χ2v) is 6.55. The fraction of sp³-hybridized carbons (Fsp3) is 0.182. The van der Waals surface area contributed by atoms with E-state index in [1.54, 1.807) is 13.8 Å². The van der Waals surface area contributed by atoms with Gasteiger partial charge in [0.25, 0.3) is 0 Å². The lowest BCUT2D eigenvalue weighted by Crippen LogP contribution is -1.96. The van der Waals surface area contributed by atoms with Gasteiger partial charge in [0.05, 0.1) is 16.6 Å². The van der Waals surface area contributed by atoms with Gasteiger partial charge in [-0.1, -0.05) is 36.4 Å². The lowest BCUT2D eigenvalue weighted by Gasteiger charge is -2.06. The van der Waals surface area contributed by atoms with E-state index in [-0.39, 0.29) is 11.6 Å². The molecule has 0 aliphatic rings. The smallest absolute Gasteiger partial charge is 0.161 e. The summed E-state index contributed by atoms with van der Waals surface area (Å²) in [5.41, 5.74) is 7.23. The highest BCUT2D eigenvalue weighted by Gasteiger charge is 2.22. The monoisotopic (exact) mass is 329 g/mol. The molecule has 0 aliphatic heterocycles. The minimum atomic E-state index is 0.0699. The molecule has 1 aromatic carbocycles. The van der Waals surface area contributed by atoms with Gasteiger partial charge in [-0.05, 0) is 49.6 Å². The van der Waals surface area contributed by atoms with Crippen molar-refractivity contribution in [2.24, 2.45) is 0 Å². The summed E-state index contributed by atoms with van der Waals surface area (Å²) < 4.78 is 2.16. The third kappa shape index (κ3) is 2.43. The number of Topliss-reactive ketones (excluding diaryl/α,β-unsaturated/α-hetero) is 2. The van der Waals surface area contributed by atoms with Crippen molar-refractivity contribution in [3.05, 3.63) is 65.7 Å². The first-order valence-electron chi connectivity index (χ1n) is 8.52. The van der Waals surface area contributed by atoms with Crippen molar-refractivity contribution in [1.29, 1.82) is 0 Å². The Bertz CT molecular complexity index is 1090. The second-order valence-electron chi connectivity index (χ2n) is 6.55. The van der Waals surface area contributed by atoms with Gasteiger partial charge in [0.2, 0.25) is 0 Å². The van der Waals surface area contributed by atoms with E-state index in [2.05, 4.69) is 22.6 Å². The van der Waals surface area contributed by atoms with Crippen LogP contribution in [0.25, 0.3) is 27.7 Å². The van der Waals surface area contributed by atoms with Crippen molar-refractivity contribution in [3.63, 3.8) is 0 Å². The molecule has 3 nitrogen and oxygen atoms in total. The molecule has 25 heavy (non-hydrogen) atoms. The van der Waals surface area contributed by atoms with Gasteiger partial charge in [0.1, 0.15) is 5.78 Å². The molecular weight excluding hydrogens is 310 g/mol. The zero-order valence-corrected chi connectivity index (χ0v) is 14.4. The van der Waals surface area contributed by atoms with E-state index in [4.69, 9.17) is 0 Å². The molecule has 0 spiro atoms. The highest BCUT2D eigenvalue weighted by atomic mass is 16.1. The first-order chi connectivity index (χ1) is 12.1. The predicted octanol–water partition coefficient (Wildman–Crippen LogP) is 4.92. The van der Waals surface area contributed by atoms with Crippen LogP contribution >= 0.6 is 0 Å². The largest absolute Gasteiger partial charge is 0.309 e. The van der Waals surface area contributed by atoms with Crippen molar-refractivity contribution in [2.45, 2.75) is 26.7 Å². The summed E-state index contributed by atoms with van der Waals surface area (Å²) in [4.78, 5) is 23.6. The third-order valence-corrected chi connectivity index (χ3v) is 4.82. The number of aromatic nitrogens is 1. The van der Waals surface area contributed by atoms with Gasteiger partial charge < -0.3 is 9.20 Å². The maximum absolute atomic E-state index is 12.1. The zero-order chi connectivity index (χ0) is 17.6. The molecular formula is C22H19NO2. The fourth-order valence-corrected chi connectivity index (χ4v) is 3.72. The van der Waals surface area contributed by atoms with Crippen LogP contribution in [0.15, 0.2) is 54.6 Å².